The molecule has 0 radical (unpaired) electrons. The second kappa shape index (κ2) is 7.08. The third-order valence-corrected chi connectivity index (χ3v) is 5.28. The number of nitrogens with zero attached hydrogens (tertiary/aromatic N) is 2. The van der Waals surface area contributed by atoms with E-state index in [0.717, 1.165) is 23.3 Å². The number of rotatable bonds is 5. The summed E-state index contributed by atoms with van der Waals surface area (Å²) in [7, 11) is -0.348. The lowest BCUT2D eigenvalue weighted by Gasteiger charge is -2.28. The molecule has 0 saturated carbocycles. The molecule has 9 heteroatoms. The molecule has 0 aliphatic carbocycles. The molecule has 0 atom stereocenters. The molecule has 0 saturated heterocycles. The summed E-state index contributed by atoms with van der Waals surface area (Å²) in [4.78, 5) is 20.9. The number of ether oxygens (including phenoxy) is 2. The van der Waals surface area contributed by atoms with Crippen molar-refractivity contribution in [2.75, 3.05) is 27.0 Å². The molecule has 1 aliphatic rings. The van der Waals surface area contributed by atoms with Gasteiger partial charge in [0.05, 0.1) is 31.0 Å². The van der Waals surface area contributed by atoms with Crippen LogP contribution in [0.2, 0.25) is 0 Å². The van der Waals surface area contributed by atoms with E-state index in [4.69, 9.17) is 9.47 Å². The van der Waals surface area contributed by atoms with Gasteiger partial charge in [0.1, 0.15) is 11.5 Å². The maximum absolute atomic E-state index is 12.3. The van der Waals surface area contributed by atoms with Crippen LogP contribution in [0.3, 0.4) is 0 Å². The maximum atomic E-state index is 12.3. The number of sulfone groups is 1. The van der Waals surface area contributed by atoms with Crippen molar-refractivity contribution in [1.82, 2.24) is 14.9 Å². The number of aromatic amines is 1. The summed E-state index contributed by atoms with van der Waals surface area (Å²) in [5.74, 6) is 1.43. The number of hydrogen-bond acceptors (Lipinski definition) is 7. The molecule has 8 nitrogen and oxygen atoms in total. The predicted molar refractivity (Wildman–Crippen MR) is 95.3 cm³/mol. The number of benzene rings is 1. The summed E-state index contributed by atoms with van der Waals surface area (Å²) < 4.78 is 34.1. The van der Waals surface area contributed by atoms with Crippen molar-refractivity contribution in [3.8, 4) is 11.5 Å². The molecule has 0 unspecified atom stereocenters. The normalized spacial score (nSPS) is 14.7. The minimum absolute atomic E-state index is 0.277. The fraction of sp³-hybridized carbons (Fsp3) is 0.412. The van der Waals surface area contributed by atoms with Crippen molar-refractivity contribution in [1.29, 1.82) is 0 Å². The Labute approximate surface area is 151 Å². The van der Waals surface area contributed by atoms with Crippen molar-refractivity contribution in [2.45, 2.75) is 24.7 Å². The van der Waals surface area contributed by atoms with Gasteiger partial charge in [-0.15, -0.1) is 0 Å². The molecule has 0 fully saturated rings. The fourth-order valence-corrected chi connectivity index (χ4v) is 3.63. The first-order chi connectivity index (χ1) is 12.3. The van der Waals surface area contributed by atoms with E-state index in [9.17, 15) is 13.2 Å². The third kappa shape index (κ3) is 3.58. The molecule has 1 aliphatic heterocycles. The average Bonchev–Trinajstić information content (AvgIpc) is 2.61. The molecular formula is C17H21N3O5S. The molecule has 1 aromatic heterocycles. The first-order valence-electron chi connectivity index (χ1n) is 8.08. The number of hydrogen-bond donors (Lipinski definition) is 1. The van der Waals surface area contributed by atoms with Crippen LogP contribution in [0.1, 0.15) is 16.8 Å². The molecule has 26 heavy (non-hydrogen) atoms. The highest BCUT2D eigenvalue weighted by molar-refractivity contribution is 7.90. The van der Waals surface area contributed by atoms with E-state index in [-0.39, 0.29) is 5.16 Å². The minimum Gasteiger partial charge on any atom is -0.496 e. The van der Waals surface area contributed by atoms with Gasteiger partial charge in [-0.3, -0.25) is 14.7 Å². The second-order valence-corrected chi connectivity index (χ2v) is 8.10. The largest absolute Gasteiger partial charge is 0.496 e. The van der Waals surface area contributed by atoms with Crippen LogP contribution >= 0.6 is 0 Å². The molecule has 2 heterocycles. The lowest BCUT2D eigenvalue weighted by atomic mass is 10.1. The smallest absolute Gasteiger partial charge is 0.256 e. The summed E-state index contributed by atoms with van der Waals surface area (Å²) in [5, 5.41) is -0.277. The Hall–Kier alpha value is -2.39. The predicted octanol–water partition coefficient (Wildman–Crippen LogP) is 0.749. The molecule has 1 N–H and O–H groups in total. The zero-order chi connectivity index (χ0) is 18.9. The van der Waals surface area contributed by atoms with Gasteiger partial charge in [-0.1, -0.05) is 6.07 Å². The maximum Gasteiger partial charge on any atom is 0.256 e. The highest BCUT2D eigenvalue weighted by atomic mass is 32.2. The Morgan fingerprint density at radius 3 is 2.46 bits per heavy atom. The Morgan fingerprint density at radius 2 is 1.88 bits per heavy atom. The minimum atomic E-state index is -3.55. The number of methoxy groups -OCH3 is 2. The van der Waals surface area contributed by atoms with Crippen molar-refractivity contribution in [3.63, 3.8) is 0 Å². The Morgan fingerprint density at radius 1 is 1.23 bits per heavy atom. The van der Waals surface area contributed by atoms with Crippen molar-refractivity contribution in [3.05, 3.63) is 45.4 Å². The fourth-order valence-electron chi connectivity index (χ4n) is 3.08. The first-order valence-corrected chi connectivity index (χ1v) is 9.97. The first kappa shape index (κ1) is 18.4. The molecule has 0 bridgehead atoms. The van der Waals surface area contributed by atoms with Crippen LogP contribution in [-0.4, -0.2) is 50.3 Å². The van der Waals surface area contributed by atoms with Gasteiger partial charge < -0.3 is 9.47 Å². The highest BCUT2D eigenvalue weighted by Gasteiger charge is 2.25. The Bertz CT molecular complexity index is 962. The van der Waals surface area contributed by atoms with Gasteiger partial charge in [0, 0.05) is 32.3 Å². The summed E-state index contributed by atoms with van der Waals surface area (Å²) in [5.41, 5.74) is 1.53. The van der Waals surface area contributed by atoms with Crippen LogP contribution in [0, 0.1) is 0 Å². The quantitative estimate of drug-likeness (QED) is 0.765. The van der Waals surface area contributed by atoms with Crippen molar-refractivity contribution >= 4 is 9.84 Å². The van der Waals surface area contributed by atoms with Crippen LogP contribution in [0.5, 0.6) is 11.5 Å². The van der Waals surface area contributed by atoms with Gasteiger partial charge in [-0.25, -0.2) is 13.4 Å². The lowest BCUT2D eigenvalue weighted by molar-refractivity contribution is 0.233. The molecule has 1 aromatic carbocycles. The zero-order valence-corrected chi connectivity index (χ0v) is 15.7. The van der Waals surface area contributed by atoms with E-state index in [0.29, 0.717) is 37.3 Å². The van der Waals surface area contributed by atoms with Crippen LogP contribution in [-0.2, 0) is 29.3 Å². The summed E-state index contributed by atoms with van der Waals surface area (Å²) >= 11 is 0. The third-order valence-electron chi connectivity index (χ3n) is 4.39. The Balaban J connectivity index is 1.90. The second-order valence-electron chi connectivity index (χ2n) is 6.17. The lowest BCUT2D eigenvalue weighted by Crippen LogP contribution is -2.36. The molecule has 3 rings (SSSR count). The standard InChI is InChI=1S/C17H21N3O5S/c1-24-14-5-4-6-15(25-2)12(14)10-20-8-7-13-11(9-20)16(21)19-17(18-13)26(3,22)23/h4-6H,7-10H2,1-3H3,(H,18,19,21). The van der Waals surface area contributed by atoms with Gasteiger partial charge in [0.2, 0.25) is 15.0 Å². The van der Waals surface area contributed by atoms with Gasteiger partial charge in [-0.05, 0) is 12.1 Å². The number of H-pyrrole nitrogens is 1. The Kier molecular flexibility index (Phi) is 5.01. The number of nitrogens with one attached hydrogen (secondary N) is 1. The topological polar surface area (TPSA) is 102 Å². The average molecular weight is 379 g/mol. The monoisotopic (exact) mass is 379 g/mol. The van der Waals surface area contributed by atoms with Gasteiger partial charge in [-0.2, -0.15) is 0 Å². The SMILES string of the molecule is COc1cccc(OC)c1CN1CCc2nc(S(C)(=O)=O)[nH]c(=O)c2C1. The van der Waals surface area contributed by atoms with Crippen molar-refractivity contribution in [2.24, 2.45) is 0 Å². The van der Waals surface area contributed by atoms with Crippen molar-refractivity contribution < 1.29 is 17.9 Å². The molecule has 140 valence electrons. The van der Waals surface area contributed by atoms with E-state index >= 15 is 0 Å². The zero-order valence-electron chi connectivity index (χ0n) is 14.9. The summed E-state index contributed by atoms with van der Waals surface area (Å²) in [6.07, 6.45) is 1.53. The molecule has 0 amide bonds. The van der Waals surface area contributed by atoms with E-state index in [1.807, 2.05) is 18.2 Å². The van der Waals surface area contributed by atoms with Gasteiger partial charge in [0.15, 0.2) is 0 Å². The van der Waals surface area contributed by atoms with E-state index in [1.165, 1.54) is 0 Å². The molecular weight excluding hydrogens is 358 g/mol. The summed E-state index contributed by atoms with van der Waals surface area (Å²) in [6.45, 7) is 1.57. The number of fused-ring (bicyclic) bond motifs is 1. The van der Waals surface area contributed by atoms with E-state index in [1.54, 1.807) is 14.2 Å². The molecule has 0 spiro atoms. The van der Waals surface area contributed by atoms with Gasteiger partial charge >= 0.3 is 0 Å². The van der Waals surface area contributed by atoms with Crippen LogP contribution in [0.4, 0.5) is 0 Å². The van der Waals surface area contributed by atoms with Gasteiger partial charge in [0.25, 0.3) is 5.56 Å². The number of aromatic nitrogens is 2. The van der Waals surface area contributed by atoms with E-state index < -0.39 is 15.4 Å². The van der Waals surface area contributed by atoms with Crippen LogP contribution in [0.15, 0.2) is 28.2 Å². The molecule has 2 aromatic rings. The highest BCUT2D eigenvalue weighted by Crippen LogP contribution is 2.30. The van der Waals surface area contributed by atoms with Crippen LogP contribution < -0.4 is 15.0 Å². The van der Waals surface area contributed by atoms with E-state index in [2.05, 4.69) is 14.9 Å². The summed E-state index contributed by atoms with van der Waals surface area (Å²) in [6, 6.07) is 5.58. The van der Waals surface area contributed by atoms with Crippen LogP contribution in [0.25, 0.3) is 0 Å².